The van der Waals surface area contributed by atoms with Gasteiger partial charge in [-0.2, -0.15) is 0 Å². The molecule has 14 nitrogen and oxygen atoms in total. The molecule has 0 spiro atoms. The molecule has 0 saturated carbocycles. The number of carbonyl (C=O) groups is 4. The topological polar surface area (TPSA) is 149 Å². The second-order valence-electron chi connectivity index (χ2n) is 21.1. The van der Waals surface area contributed by atoms with Gasteiger partial charge in [-0.15, -0.1) is 0 Å². The molecular formula is C74H80N2O12. The summed E-state index contributed by atoms with van der Waals surface area (Å²) in [4.78, 5) is 51.3. The van der Waals surface area contributed by atoms with E-state index in [0.29, 0.717) is 101 Å². The van der Waals surface area contributed by atoms with Gasteiger partial charge in [-0.3, -0.25) is 0 Å². The highest BCUT2D eigenvalue weighted by Crippen LogP contribution is 2.38. The number of anilines is 6. The van der Waals surface area contributed by atoms with Crippen LogP contribution in [0.1, 0.15) is 49.9 Å². The Balaban J connectivity index is 1.03. The van der Waals surface area contributed by atoms with Gasteiger partial charge in [0.25, 0.3) is 0 Å². The lowest BCUT2D eigenvalue weighted by atomic mass is 9.99. The van der Waals surface area contributed by atoms with Crippen molar-refractivity contribution in [1.29, 1.82) is 0 Å². The van der Waals surface area contributed by atoms with E-state index >= 15 is 0 Å². The van der Waals surface area contributed by atoms with E-state index in [0.717, 1.165) is 78.6 Å². The van der Waals surface area contributed by atoms with Gasteiger partial charge in [0.05, 0.1) is 52.9 Å². The smallest absolute Gasteiger partial charge is 0.333 e. The average molecular weight is 1190 g/mol. The first-order valence-corrected chi connectivity index (χ1v) is 29.5. The van der Waals surface area contributed by atoms with Crippen molar-refractivity contribution in [1.82, 2.24) is 0 Å². The van der Waals surface area contributed by atoms with Crippen molar-refractivity contribution in [3.05, 3.63) is 241 Å². The van der Waals surface area contributed by atoms with Gasteiger partial charge >= 0.3 is 23.9 Å². The Hall–Kier alpha value is -9.18. The number of rotatable bonds is 36. The molecule has 0 aliphatic heterocycles. The first-order chi connectivity index (χ1) is 42.6. The third-order valence-electron chi connectivity index (χ3n) is 14.0. The highest BCUT2D eigenvalue weighted by atomic mass is 16.6. The summed E-state index contributed by atoms with van der Waals surface area (Å²) in [5, 5.41) is 0. The van der Waals surface area contributed by atoms with E-state index in [1.54, 1.807) is 27.7 Å². The van der Waals surface area contributed by atoms with Crippen LogP contribution in [0.4, 0.5) is 34.1 Å². The Morgan fingerprint density at radius 3 is 0.614 bits per heavy atom. The molecule has 0 radical (unpaired) electrons. The van der Waals surface area contributed by atoms with Crippen LogP contribution in [0.15, 0.2) is 218 Å². The summed E-state index contributed by atoms with van der Waals surface area (Å²) < 4.78 is 43.6. The zero-order valence-corrected chi connectivity index (χ0v) is 51.1. The molecule has 88 heavy (non-hydrogen) atoms. The summed E-state index contributed by atoms with van der Waals surface area (Å²) in [6.45, 7) is 24.8. The van der Waals surface area contributed by atoms with Crippen molar-refractivity contribution in [3.63, 3.8) is 0 Å². The maximum atomic E-state index is 11.7. The molecule has 0 aliphatic carbocycles. The molecule has 0 fully saturated rings. The van der Waals surface area contributed by atoms with Crippen molar-refractivity contribution >= 4 is 58.0 Å². The molecule has 458 valence electrons. The third kappa shape index (κ3) is 21.1. The predicted molar refractivity (Wildman–Crippen MR) is 348 cm³/mol. The van der Waals surface area contributed by atoms with Crippen LogP contribution < -0.4 is 9.80 Å². The van der Waals surface area contributed by atoms with Gasteiger partial charge < -0.3 is 47.7 Å². The summed E-state index contributed by atoms with van der Waals surface area (Å²) in [7, 11) is 0. The maximum Gasteiger partial charge on any atom is 0.333 e. The van der Waals surface area contributed by atoms with Gasteiger partial charge in [0, 0.05) is 56.4 Å². The second kappa shape index (κ2) is 34.8. The first kappa shape index (κ1) is 66.3. The lowest BCUT2D eigenvalue weighted by molar-refractivity contribution is -0.141. The fraction of sp³-hybridized carbons (Fsp3) is 0.270. The molecule has 7 rings (SSSR count). The molecule has 0 N–H and O–H groups in total. The van der Waals surface area contributed by atoms with Crippen molar-refractivity contribution in [2.75, 3.05) is 89.1 Å². The van der Waals surface area contributed by atoms with Crippen molar-refractivity contribution in [3.8, 4) is 22.3 Å². The van der Waals surface area contributed by atoms with E-state index in [9.17, 15) is 19.2 Å². The van der Waals surface area contributed by atoms with Crippen molar-refractivity contribution < 1.29 is 57.1 Å². The number of hydrogen-bond donors (Lipinski definition) is 0. The normalized spacial score (nSPS) is 10.9. The van der Waals surface area contributed by atoms with Crippen LogP contribution in [0.3, 0.4) is 0 Å². The van der Waals surface area contributed by atoms with E-state index in [1.807, 2.05) is 0 Å². The number of benzene rings is 7. The van der Waals surface area contributed by atoms with Gasteiger partial charge in [-0.25, -0.2) is 19.2 Å². The summed E-state index contributed by atoms with van der Waals surface area (Å²) >= 11 is 0. The lowest BCUT2D eigenvalue weighted by Crippen LogP contribution is -2.12. The summed E-state index contributed by atoms with van der Waals surface area (Å²) in [5.41, 5.74) is 16.2. The van der Waals surface area contributed by atoms with Gasteiger partial charge in [-0.05, 0) is 171 Å². The fourth-order valence-electron chi connectivity index (χ4n) is 9.04. The Morgan fingerprint density at radius 2 is 0.432 bits per heavy atom. The molecule has 0 saturated heterocycles. The minimum atomic E-state index is -0.421. The van der Waals surface area contributed by atoms with Gasteiger partial charge in [0.2, 0.25) is 0 Å². The zero-order valence-electron chi connectivity index (χ0n) is 51.1. The van der Waals surface area contributed by atoms with Crippen LogP contribution in [0.5, 0.6) is 0 Å². The quantitative estimate of drug-likeness (QED) is 0.0159. The minimum Gasteiger partial charge on any atom is -0.460 e. The Morgan fingerprint density at radius 1 is 0.261 bits per heavy atom. The lowest BCUT2D eigenvalue weighted by Gasteiger charge is -2.26. The monoisotopic (exact) mass is 1190 g/mol. The van der Waals surface area contributed by atoms with Crippen molar-refractivity contribution in [2.24, 2.45) is 0 Å². The molecule has 0 aromatic heterocycles. The SMILES string of the molecule is C=C(C)C(=O)OCCOCCc1ccc(N(c2ccc(CCOCCOC(=O)C(=C)C)cc2)c2ccc(-c3ccc(-c4ccc(N(c5ccc(CCOCCOC(=O)C(=C)C)cc5)c5ccc(CCOCCOC(=O)C(=C)C)cc5)cc4)cc3)cc2)cc1. The Labute approximate surface area is 518 Å². The van der Waals surface area contributed by atoms with Crippen LogP contribution in [0, 0.1) is 0 Å². The highest BCUT2D eigenvalue weighted by molar-refractivity contribution is 5.88. The fourth-order valence-corrected chi connectivity index (χ4v) is 9.04. The number of esters is 4. The van der Waals surface area contributed by atoms with Crippen LogP contribution >= 0.6 is 0 Å². The molecule has 0 aliphatic rings. The van der Waals surface area contributed by atoms with Crippen molar-refractivity contribution in [2.45, 2.75) is 53.4 Å². The van der Waals surface area contributed by atoms with Gasteiger partial charge in [0.1, 0.15) is 26.4 Å². The third-order valence-corrected chi connectivity index (χ3v) is 14.0. The van der Waals surface area contributed by atoms with Gasteiger partial charge in [0.15, 0.2) is 0 Å². The van der Waals surface area contributed by atoms with E-state index in [-0.39, 0.29) is 26.4 Å². The van der Waals surface area contributed by atoms with E-state index in [4.69, 9.17) is 37.9 Å². The molecular weight excluding hydrogens is 1110 g/mol. The predicted octanol–water partition coefficient (Wildman–Crippen LogP) is 14.7. The Bertz CT molecular complexity index is 3020. The number of hydrogen-bond acceptors (Lipinski definition) is 14. The molecule has 0 bridgehead atoms. The first-order valence-electron chi connectivity index (χ1n) is 29.5. The van der Waals surface area contributed by atoms with Crippen LogP contribution in [0.2, 0.25) is 0 Å². The largest absolute Gasteiger partial charge is 0.460 e. The summed E-state index contributed by atoms with van der Waals surface area (Å²) in [6.07, 6.45) is 2.79. The van der Waals surface area contributed by atoms with E-state index in [2.05, 4.69) is 206 Å². The summed E-state index contributed by atoms with van der Waals surface area (Å²) in [5.74, 6) is -1.69. The maximum absolute atomic E-state index is 11.7. The summed E-state index contributed by atoms with van der Waals surface area (Å²) in [6, 6.07) is 59.7. The zero-order chi connectivity index (χ0) is 62.6. The molecule has 0 amide bonds. The van der Waals surface area contributed by atoms with Gasteiger partial charge in [-0.1, -0.05) is 123 Å². The van der Waals surface area contributed by atoms with Crippen LogP contribution in [-0.2, 0) is 82.8 Å². The second-order valence-corrected chi connectivity index (χ2v) is 21.1. The molecule has 0 unspecified atom stereocenters. The van der Waals surface area contributed by atoms with Crippen LogP contribution in [0.25, 0.3) is 22.3 Å². The molecule has 7 aromatic carbocycles. The molecule has 0 atom stereocenters. The molecule has 0 heterocycles. The van der Waals surface area contributed by atoms with E-state index in [1.165, 1.54) is 0 Å². The minimum absolute atomic E-state index is 0.176. The van der Waals surface area contributed by atoms with Crippen LogP contribution in [-0.4, -0.2) is 103 Å². The molecule has 14 heteroatoms. The Kier molecular flexibility index (Phi) is 26.3. The average Bonchev–Trinajstić information content (AvgIpc) is 3.34. The van der Waals surface area contributed by atoms with E-state index < -0.39 is 23.9 Å². The number of ether oxygens (including phenoxy) is 8. The number of carbonyl (C=O) groups excluding carboxylic acids is 4. The number of nitrogens with zero attached hydrogens (tertiary/aromatic N) is 2. The molecule has 7 aromatic rings. The highest BCUT2D eigenvalue weighted by Gasteiger charge is 2.17. The standard InChI is InChI=1S/C74H80N2O12/c1-53(2)71(77)85-49-45-81-41-37-57-9-25-65(26-10-57)75(66-27-11-58(12-28-66)38-42-82-46-50-86-72(78)54(3)4)69-33-21-63(22-34-69)61-17-19-62(20-18-61)64-23-35-70(36-24-64)76(67-29-13-59(14-30-67)39-43-83-47-51-87-73(79)55(5)6)68-31-15-60(16-32-68)40-44-84-48-52-88-74(80)56(7)8/h9-36H,1,3,5,7,37-52H2,2,4,6,8H3.